The van der Waals surface area contributed by atoms with E-state index in [0.29, 0.717) is 44.8 Å². The highest BCUT2D eigenvalue weighted by atomic mass is 19.1. The van der Waals surface area contributed by atoms with Crippen molar-refractivity contribution in [2.24, 2.45) is 0 Å². The van der Waals surface area contributed by atoms with Crippen LogP contribution in [-0.2, 0) is 30.7 Å². The quantitative estimate of drug-likeness (QED) is 0.258. The maximum absolute atomic E-state index is 13.6. The topological polar surface area (TPSA) is 127 Å². The molecule has 0 bridgehead atoms. The lowest BCUT2D eigenvalue weighted by molar-refractivity contribution is -0.120. The molecule has 1 aromatic carbocycles. The van der Waals surface area contributed by atoms with Crippen molar-refractivity contribution in [1.29, 1.82) is 0 Å². The third kappa shape index (κ3) is 6.30. The number of hydrogen-bond acceptors (Lipinski definition) is 7. The summed E-state index contributed by atoms with van der Waals surface area (Å²) in [6, 6.07) is 10.7. The Morgan fingerprint density at radius 1 is 1.08 bits per heavy atom. The van der Waals surface area contributed by atoms with Crippen LogP contribution in [0.4, 0.5) is 4.39 Å². The summed E-state index contributed by atoms with van der Waals surface area (Å²) in [6.45, 7) is 1.79. The molecule has 188 valence electrons. The number of aromatic nitrogens is 4. The molecule has 3 heterocycles. The molecule has 0 aliphatic rings. The van der Waals surface area contributed by atoms with Crippen LogP contribution in [0.3, 0.4) is 0 Å². The summed E-state index contributed by atoms with van der Waals surface area (Å²) in [5.74, 6) is 0.381. The number of amides is 2. The number of halogens is 1. The Morgan fingerprint density at radius 3 is 2.75 bits per heavy atom. The van der Waals surface area contributed by atoms with E-state index in [9.17, 15) is 14.0 Å². The standard InChI is InChI=1S/C25H28FN7O3/c1-27-23(34)10-14-33-21-7-3-2-6-18(21)31-22(33)8-12-28-13-9-24-32-20(16-36-24)25(35)30-15-19-17(26)5-4-11-29-19/h2-7,11,16,28H,8-10,12-15H2,1H3,(H,27,34)(H,30,35). The molecular formula is C25H28FN7O3. The minimum absolute atomic E-state index is 0.0141. The average Bonchev–Trinajstić information content (AvgIpc) is 3.51. The Hall–Kier alpha value is -4.12. The first-order chi connectivity index (χ1) is 17.5. The van der Waals surface area contributed by atoms with Crippen molar-refractivity contribution in [3.63, 3.8) is 0 Å². The molecule has 4 rings (SSSR count). The van der Waals surface area contributed by atoms with Gasteiger partial charge in [0.25, 0.3) is 5.91 Å². The molecule has 0 aliphatic carbocycles. The van der Waals surface area contributed by atoms with Crippen LogP contribution in [0.1, 0.15) is 34.3 Å². The number of oxazole rings is 1. The SMILES string of the molecule is CNC(=O)CCn1c(CCNCCc2nc(C(=O)NCc3ncccc3F)co2)nc2ccccc21. The van der Waals surface area contributed by atoms with Crippen molar-refractivity contribution in [2.75, 3.05) is 20.1 Å². The van der Waals surface area contributed by atoms with Gasteiger partial charge in [0.15, 0.2) is 11.6 Å². The van der Waals surface area contributed by atoms with Gasteiger partial charge < -0.3 is 24.9 Å². The van der Waals surface area contributed by atoms with Gasteiger partial charge in [0.2, 0.25) is 5.91 Å². The monoisotopic (exact) mass is 493 g/mol. The largest absolute Gasteiger partial charge is 0.448 e. The zero-order valence-corrected chi connectivity index (χ0v) is 20.0. The third-order valence-electron chi connectivity index (χ3n) is 5.65. The highest BCUT2D eigenvalue weighted by Gasteiger charge is 2.14. The van der Waals surface area contributed by atoms with Crippen LogP contribution in [0.5, 0.6) is 0 Å². The summed E-state index contributed by atoms with van der Waals surface area (Å²) in [5, 5.41) is 8.58. The summed E-state index contributed by atoms with van der Waals surface area (Å²) in [4.78, 5) is 36.8. The van der Waals surface area contributed by atoms with Crippen LogP contribution in [0, 0.1) is 5.82 Å². The molecule has 2 amide bonds. The van der Waals surface area contributed by atoms with E-state index in [1.165, 1.54) is 24.6 Å². The number of carbonyl (C=O) groups excluding carboxylic acids is 2. The fraction of sp³-hybridized carbons (Fsp3) is 0.320. The van der Waals surface area contributed by atoms with Crippen LogP contribution >= 0.6 is 0 Å². The third-order valence-corrected chi connectivity index (χ3v) is 5.65. The number of nitrogens with zero attached hydrogens (tertiary/aromatic N) is 4. The molecule has 36 heavy (non-hydrogen) atoms. The number of pyridine rings is 1. The number of hydrogen-bond donors (Lipinski definition) is 3. The highest BCUT2D eigenvalue weighted by Crippen LogP contribution is 2.17. The molecule has 0 aliphatic heterocycles. The number of fused-ring (bicyclic) bond motifs is 1. The molecule has 0 saturated carbocycles. The van der Waals surface area contributed by atoms with E-state index in [1.54, 1.807) is 7.05 Å². The second kappa shape index (κ2) is 12.0. The minimum atomic E-state index is -0.480. The van der Waals surface area contributed by atoms with Gasteiger partial charge in [-0.2, -0.15) is 0 Å². The van der Waals surface area contributed by atoms with Crippen LogP contribution < -0.4 is 16.0 Å². The zero-order valence-electron chi connectivity index (χ0n) is 20.0. The van der Waals surface area contributed by atoms with Gasteiger partial charge in [-0.15, -0.1) is 0 Å². The Labute approximate surface area is 207 Å². The molecule has 3 N–H and O–H groups in total. The van der Waals surface area contributed by atoms with Crippen LogP contribution in [-0.4, -0.2) is 51.5 Å². The lowest BCUT2D eigenvalue weighted by atomic mass is 10.3. The predicted octanol–water partition coefficient (Wildman–Crippen LogP) is 2.00. The maximum Gasteiger partial charge on any atom is 0.273 e. The predicted molar refractivity (Wildman–Crippen MR) is 131 cm³/mol. The Balaban J connectivity index is 1.24. The average molecular weight is 494 g/mol. The maximum atomic E-state index is 13.6. The van der Waals surface area contributed by atoms with Gasteiger partial charge in [0, 0.05) is 52.1 Å². The zero-order chi connectivity index (χ0) is 25.3. The first-order valence-electron chi connectivity index (χ1n) is 11.7. The summed E-state index contributed by atoms with van der Waals surface area (Å²) < 4.78 is 21.1. The van der Waals surface area contributed by atoms with Crippen LogP contribution in [0.15, 0.2) is 53.3 Å². The van der Waals surface area contributed by atoms with Gasteiger partial charge in [0.1, 0.15) is 17.9 Å². The molecule has 0 spiro atoms. The molecule has 11 heteroatoms. The van der Waals surface area contributed by atoms with Crippen molar-refractivity contribution < 1.29 is 18.4 Å². The Bertz CT molecular complexity index is 1330. The van der Waals surface area contributed by atoms with Crippen molar-refractivity contribution in [3.05, 3.63) is 77.8 Å². The molecule has 4 aromatic rings. The molecule has 0 radical (unpaired) electrons. The Morgan fingerprint density at radius 2 is 1.92 bits per heavy atom. The first kappa shape index (κ1) is 25.0. The van der Waals surface area contributed by atoms with Crippen LogP contribution in [0.25, 0.3) is 11.0 Å². The summed E-state index contributed by atoms with van der Waals surface area (Å²) in [7, 11) is 1.63. The molecule has 10 nitrogen and oxygen atoms in total. The number of rotatable bonds is 12. The van der Waals surface area contributed by atoms with Gasteiger partial charge in [0.05, 0.1) is 23.3 Å². The summed E-state index contributed by atoms with van der Waals surface area (Å²) in [6.07, 6.45) is 4.32. The molecule has 0 fully saturated rings. The molecular weight excluding hydrogens is 465 g/mol. The lowest BCUT2D eigenvalue weighted by Gasteiger charge is -2.09. The second-order valence-corrected chi connectivity index (χ2v) is 8.08. The van der Waals surface area contributed by atoms with Crippen molar-refractivity contribution in [3.8, 4) is 0 Å². The Kier molecular flexibility index (Phi) is 8.35. The number of imidazole rings is 1. The van der Waals surface area contributed by atoms with Crippen molar-refractivity contribution in [2.45, 2.75) is 32.4 Å². The van der Waals surface area contributed by atoms with Crippen LogP contribution in [0.2, 0.25) is 0 Å². The van der Waals surface area contributed by atoms with E-state index < -0.39 is 11.7 Å². The number of carbonyl (C=O) groups is 2. The second-order valence-electron chi connectivity index (χ2n) is 8.08. The van der Waals surface area contributed by atoms with E-state index in [4.69, 9.17) is 9.40 Å². The fourth-order valence-corrected chi connectivity index (χ4v) is 3.76. The van der Waals surface area contributed by atoms with E-state index in [-0.39, 0.29) is 23.8 Å². The summed E-state index contributed by atoms with van der Waals surface area (Å²) in [5.41, 5.74) is 2.20. The lowest BCUT2D eigenvalue weighted by Crippen LogP contribution is -2.24. The normalized spacial score (nSPS) is 11.1. The molecule has 0 unspecified atom stereocenters. The first-order valence-corrected chi connectivity index (χ1v) is 11.7. The minimum Gasteiger partial charge on any atom is -0.448 e. The fourth-order valence-electron chi connectivity index (χ4n) is 3.76. The van der Waals surface area contributed by atoms with Gasteiger partial charge in [-0.05, 0) is 24.3 Å². The summed E-state index contributed by atoms with van der Waals surface area (Å²) >= 11 is 0. The number of benzene rings is 1. The van der Waals surface area contributed by atoms with Crippen molar-refractivity contribution >= 4 is 22.8 Å². The number of nitrogens with one attached hydrogen (secondary N) is 3. The van der Waals surface area contributed by atoms with Gasteiger partial charge in [-0.1, -0.05) is 12.1 Å². The van der Waals surface area contributed by atoms with E-state index in [1.807, 2.05) is 24.3 Å². The van der Waals surface area contributed by atoms with E-state index in [2.05, 4.69) is 30.5 Å². The molecule has 3 aromatic heterocycles. The molecule has 0 atom stereocenters. The van der Waals surface area contributed by atoms with E-state index >= 15 is 0 Å². The smallest absolute Gasteiger partial charge is 0.273 e. The van der Waals surface area contributed by atoms with Gasteiger partial charge >= 0.3 is 0 Å². The van der Waals surface area contributed by atoms with Crippen molar-refractivity contribution in [1.82, 2.24) is 35.5 Å². The van der Waals surface area contributed by atoms with E-state index in [0.717, 1.165) is 16.9 Å². The van der Waals surface area contributed by atoms with Gasteiger partial charge in [-0.3, -0.25) is 14.6 Å². The number of aryl methyl sites for hydroxylation is 1. The number of para-hydroxylation sites is 2. The highest BCUT2D eigenvalue weighted by molar-refractivity contribution is 5.91. The van der Waals surface area contributed by atoms with Gasteiger partial charge in [-0.25, -0.2) is 14.4 Å². The molecule has 0 saturated heterocycles.